The van der Waals surface area contributed by atoms with Crippen molar-refractivity contribution in [3.8, 4) is 0 Å². The molecule has 0 spiro atoms. The molecular weight excluding hydrogens is 446 g/mol. The van der Waals surface area contributed by atoms with Gasteiger partial charge in [-0.1, -0.05) is 37.6 Å². The van der Waals surface area contributed by atoms with E-state index in [2.05, 4.69) is 53.1 Å². The lowest BCUT2D eigenvalue weighted by Crippen LogP contribution is -2.46. The number of nitrogens with zero attached hydrogens (tertiary/aromatic N) is 3. The maximum atomic E-state index is 11.9. The van der Waals surface area contributed by atoms with Crippen LogP contribution in [0.5, 0.6) is 0 Å². The number of ether oxygens (including phenoxy) is 1. The van der Waals surface area contributed by atoms with Crippen LogP contribution in [0.25, 0.3) is 16.2 Å². The van der Waals surface area contributed by atoms with Crippen LogP contribution >= 0.6 is 11.5 Å². The molecule has 180 valence electrons. The standard InChI is InChI=1S/C27H33N3O3S/c1-2-7-20-18-26(31)33-24-19-21(10-11-22(20)24)32-17-6-5-12-29-13-15-30(16-14-29)27-23-8-3-4-9-25(23)34-28-27/h3-4,8-11,18,21H,2,5-7,12-17,19H2,1H3/t21-/m1/s1. The fourth-order valence-electron chi connectivity index (χ4n) is 4.96. The molecule has 2 aliphatic rings. The Hall–Kier alpha value is -2.48. The van der Waals surface area contributed by atoms with Crippen LogP contribution in [0.1, 0.15) is 43.1 Å². The summed E-state index contributed by atoms with van der Waals surface area (Å²) >= 11 is 1.59. The number of benzene rings is 1. The maximum absolute atomic E-state index is 11.9. The molecule has 1 aromatic carbocycles. The molecule has 7 heteroatoms. The van der Waals surface area contributed by atoms with Gasteiger partial charge in [-0.3, -0.25) is 4.90 Å². The Balaban J connectivity index is 1.03. The van der Waals surface area contributed by atoms with Gasteiger partial charge in [0.05, 0.1) is 10.8 Å². The number of piperazine rings is 1. The van der Waals surface area contributed by atoms with Crippen LogP contribution in [-0.2, 0) is 17.6 Å². The van der Waals surface area contributed by atoms with E-state index in [1.165, 1.54) is 10.1 Å². The van der Waals surface area contributed by atoms with Gasteiger partial charge in [-0.2, -0.15) is 4.37 Å². The van der Waals surface area contributed by atoms with E-state index in [4.69, 9.17) is 13.5 Å². The SMILES string of the molecule is CCCc1cc(=O)oc2c1C=C[C@@H](OCCCCN1CCN(c3nsc4ccccc34)CC1)C2. The van der Waals surface area contributed by atoms with Crippen LogP contribution < -0.4 is 10.5 Å². The number of aromatic nitrogens is 1. The van der Waals surface area contributed by atoms with Gasteiger partial charge < -0.3 is 14.1 Å². The summed E-state index contributed by atoms with van der Waals surface area (Å²) in [6.07, 6.45) is 8.90. The zero-order valence-electron chi connectivity index (χ0n) is 19.9. The quantitative estimate of drug-likeness (QED) is 0.413. The molecule has 0 N–H and O–H groups in total. The average molecular weight is 480 g/mol. The van der Waals surface area contributed by atoms with Gasteiger partial charge in [0, 0.05) is 56.2 Å². The van der Waals surface area contributed by atoms with Crippen molar-refractivity contribution in [1.29, 1.82) is 0 Å². The molecule has 1 aliphatic heterocycles. The number of unbranched alkanes of at least 4 members (excludes halogenated alkanes) is 1. The summed E-state index contributed by atoms with van der Waals surface area (Å²) in [5.41, 5.74) is 1.91. The topological polar surface area (TPSA) is 58.8 Å². The van der Waals surface area contributed by atoms with Crippen molar-refractivity contribution in [3.63, 3.8) is 0 Å². The van der Waals surface area contributed by atoms with Crippen molar-refractivity contribution >= 4 is 33.5 Å². The van der Waals surface area contributed by atoms with Gasteiger partial charge in [-0.25, -0.2) is 4.79 Å². The summed E-state index contributed by atoms with van der Waals surface area (Å²) in [5.74, 6) is 1.92. The molecule has 6 nitrogen and oxygen atoms in total. The average Bonchev–Trinajstić information content (AvgIpc) is 3.28. The first-order valence-corrected chi connectivity index (χ1v) is 13.3. The third-order valence-corrected chi connectivity index (χ3v) is 7.59. The van der Waals surface area contributed by atoms with E-state index >= 15 is 0 Å². The molecule has 1 fully saturated rings. The minimum atomic E-state index is -0.251. The molecule has 5 rings (SSSR count). The minimum absolute atomic E-state index is 0.0102. The van der Waals surface area contributed by atoms with Crippen LogP contribution in [0.2, 0.25) is 0 Å². The van der Waals surface area contributed by atoms with E-state index in [-0.39, 0.29) is 11.7 Å². The predicted molar refractivity (Wildman–Crippen MR) is 139 cm³/mol. The molecule has 0 amide bonds. The van der Waals surface area contributed by atoms with Crippen LogP contribution in [0.3, 0.4) is 0 Å². The van der Waals surface area contributed by atoms with E-state index in [1.54, 1.807) is 17.6 Å². The molecule has 0 unspecified atom stereocenters. The highest BCUT2D eigenvalue weighted by molar-refractivity contribution is 7.13. The van der Waals surface area contributed by atoms with Crippen molar-refractivity contribution in [1.82, 2.24) is 9.27 Å². The summed E-state index contributed by atoms with van der Waals surface area (Å²) in [5, 5.41) is 1.28. The lowest BCUT2D eigenvalue weighted by molar-refractivity contribution is 0.0758. The second-order valence-electron chi connectivity index (χ2n) is 9.19. The molecule has 34 heavy (non-hydrogen) atoms. The minimum Gasteiger partial charge on any atom is -0.427 e. The highest BCUT2D eigenvalue weighted by atomic mass is 32.1. The zero-order chi connectivity index (χ0) is 23.3. The molecule has 1 aliphatic carbocycles. The molecule has 2 aromatic heterocycles. The number of hydrogen-bond donors (Lipinski definition) is 0. The number of aryl methyl sites for hydroxylation is 1. The van der Waals surface area contributed by atoms with Crippen molar-refractivity contribution in [2.75, 3.05) is 44.2 Å². The lowest BCUT2D eigenvalue weighted by Gasteiger charge is -2.35. The number of hydrogen-bond acceptors (Lipinski definition) is 7. The molecule has 1 saturated heterocycles. The van der Waals surface area contributed by atoms with E-state index in [1.807, 2.05) is 0 Å². The third kappa shape index (κ3) is 5.27. The third-order valence-electron chi connectivity index (χ3n) is 6.78. The Labute approximate surface area is 205 Å². The molecule has 3 aromatic rings. The highest BCUT2D eigenvalue weighted by Gasteiger charge is 2.21. The van der Waals surface area contributed by atoms with E-state index < -0.39 is 0 Å². The first-order valence-electron chi connectivity index (χ1n) is 12.5. The van der Waals surface area contributed by atoms with Crippen molar-refractivity contribution < 1.29 is 9.15 Å². The summed E-state index contributed by atoms with van der Waals surface area (Å²) < 4.78 is 17.5. The van der Waals surface area contributed by atoms with Crippen LogP contribution in [0, 0.1) is 0 Å². The summed E-state index contributed by atoms with van der Waals surface area (Å²) in [7, 11) is 0. The summed E-state index contributed by atoms with van der Waals surface area (Å²) in [6, 6.07) is 10.1. The second kappa shape index (κ2) is 10.8. The zero-order valence-corrected chi connectivity index (χ0v) is 20.7. The molecule has 3 heterocycles. The van der Waals surface area contributed by atoms with Crippen molar-refractivity contribution in [3.05, 3.63) is 63.7 Å². The van der Waals surface area contributed by atoms with E-state index in [9.17, 15) is 4.79 Å². The summed E-state index contributed by atoms with van der Waals surface area (Å²) in [4.78, 5) is 16.9. The smallest absolute Gasteiger partial charge is 0.336 e. The van der Waals surface area contributed by atoms with E-state index in [0.29, 0.717) is 6.42 Å². The van der Waals surface area contributed by atoms with Gasteiger partial charge in [0.25, 0.3) is 0 Å². The van der Waals surface area contributed by atoms with Crippen molar-refractivity contribution in [2.45, 2.75) is 45.1 Å². The molecule has 1 atom stereocenters. The first-order chi connectivity index (χ1) is 16.7. The summed E-state index contributed by atoms with van der Waals surface area (Å²) in [6.45, 7) is 8.18. The first kappa shape index (κ1) is 23.3. The van der Waals surface area contributed by atoms with Gasteiger partial charge in [0.1, 0.15) is 11.6 Å². The normalized spacial score (nSPS) is 18.5. The largest absolute Gasteiger partial charge is 0.427 e. The lowest BCUT2D eigenvalue weighted by atomic mass is 9.96. The second-order valence-corrected chi connectivity index (χ2v) is 9.99. The predicted octanol–water partition coefficient (Wildman–Crippen LogP) is 4.76. The van der Waals surface area contributed by atoms with E-state index in [0.717, 1.165) is 87.7 Å². The molecule has 0 radical (unpaired) electrons. The Morgan fingerprint density at radius 3 is 2.88 bits per heavy atom. The van der Waals surface area contributed by atoms with Gasteiger partial charge in [-0.15, -0.1) is 0 Å². The fourth-order valence-corrected chi connectivity index (χ4v) is 5.75. The monoisotopic (exact) mass is 479 g/mol. The Kier molecular flexibility index (Phi) is 7.42. The Morgan fingerprint density at radius 2 is 2.03 bits per heavy atom. The number of anilines is 1. The van der Waals surface area contributed by atoms with Gasteiger partial charge in [-0.05, 0) is 55.0 Å². The number of fused-ring (bicyclic) bond motifs is 2. The number of rotatable bonds is 9. The molecule has 0 saturated carbocycles. The van der Waals surface area contributed by atoms with Crippen LogP contribution in [0.4, 0.5) is 5.82 Å². The van der Waals surface area contributed by atoms with Gasteiger partial charge >= 0.3 is 5.63 Å². The molecular formula is C27H33N3O3S. The Bertz CT molecular complexity index is 1190. The van der Waals surface area contributed by atoms with Gasteiger partial charge in [0.2, 0.25) is 0 Å². The van der Waals surface area contributed by atoms with Crippen molar-refractivity contribution in [2.24, 2.45) is 0 Å². The Morgan fingerprint density at radius 1 is 1.18 bits per heavy atom. The van der Waals surface area contributed by atoms with Crippen LogP contribution in [-0.4, -0.2) is 54.7 Å². The van der Waals surface area contributed by atoms with Crippen LogP contribution in [0.15, 0.2) is 45.6 Å². The maximum Gasteiger partial charge on any atom is 0.336 e. The highest BCUT2D eigenvalue weighted by Crippen LogP contribution is 2.30. The van der Waals surface area contributed by atoms with Gasteiger partial charge in [0.15, 0.2) is 0 Å². The fraction of sp³-hybridized carbons (Fsp3) is 0.481. The molecule has 0 bridgehead atoms.